The number of pyridine rings is 1. The summed E-state index contributed by atoms with van der Waals surface area (Å²) in [6.07, 6.45) is 4.48. The summed E-state index contributed by atoms with van der Waals surface area (Å²) in [5.41, 5.74) is 3.03. The molecule has 0 unspecified atom stereocenters. The third-order valence-electron chi connectivity index (χ3n) is 3.44. The summed E-state index contributed by atoms with van der Waals surface area (Å²) in [7, 11) is 1.92. The fourth-order valence-electron chi connectivity index (χ4n) is 2.55. The van der Waals surface area contributed by atoms with E-state index in [1.165, 1.54) is 6.42 Å². The molecule has 1 aliphatic heterocycles. The van der Waals surface area contributed by atoms with Gasteiger partial charge in [-0.2, -0.15) is 5.10 Å². The Kier molecular flexibility index (Phi) is 2.91. The molecule has 5 heteroatoms. The number of ether oxygens (including phenoxy) is 1. The SMILES string of the molecule is Cc1nn(C)c2nccc(NC[C@H]3CCCO3)c12. The maximum Gasteiger partial charge on any atom is 0.159 e. The Morgan fingerprint density at radius 1 is 1.56 bits per heavy atom. The van der Waals surface area contributed by atoms with Crippen molar-refractivity contribution in [3.8, 4) is 0 Å². The molecule has 1 fully saturated rings. The fourth-order valence-corrected chi connectivity index (χ4v) is 2.55. The van der Waals surface area contributed by atoms with Gasteiger partial charge in [-0.3, -0.25) is 4.68 Å². The molecule has 0 amide bonds. The van der Waals surface area contributed by atoms with Gasteiger partial charge in [-0.15, -0.1) is 0 Å². The molecule has 0 bridgehead atoms. The quantitative estimate of drug-likeness (QED) is 0.898. The lowest BCUT2D eigenvalue weighted by Crippen LogP contribution is -2.18. The first-order valence-corrected chi connectivity index (χ1v) is 6.39. The highest BCUT2D eigenvalue weighted by Gasteiger charge is 2.16. The van der Waals surface area contributed by atoms with E-state index < -0.39 is 0 Å². The molecule has 2 aromatic rings. The smallest absolute Gasteiger partial charge is 0.159 e. The summed E-state index contributed by atoms with van der Waals surface area (Å²) >= 11 is 0. The van der Waals surface area contributed by atoms with E-state index in [-0.39, 0.29) is 0 Å². The van der Waals surface area contributed by atoms with Gasteiger partial charge in [-0.1, -0.05) is 0 Å². The van der Waals surface area contributed by atoms with Gasteiger partial charge < -0.3 is 10.1 Å². The molecule has 1 atom stereocenters. The van der Waals surface area contributed by atoms with Crippen molar-refractivity contribution in [2.75, 3.05) is 18.5 Å². The van der Waals surface area contributed by atoms with Gasteiger partial charge in [-0.25, -0.2) is 4.98 Å². The molecular weight excluding hydrogens is 228 g/mol. The van der Waals surface area contributed by atoms with E-state index in [1.54, 1.807) is 0 Å². The van der Waals surface area contributed by atoms with Crippen molar-refractivity contribution in [2.45, 2.75) is 25.9 Å². The van der Waals surface area contributed by atoms with Crippen LogP contribution in [0, 0.1) is 6.92 Å². The van der Waals surface area contributed by atoms with Crippen molar-refractivity contribution < 1.29 is 4.74 Å². The van der Waals surface area contributed by atoms with Crippen LogP contribution in [0.5, 0.6) is 0 Å². The molecular formula is C13H18N4O. The minimum Gasteiger partial charge on any atom is -0.382 e. The number of rotatable bonds is 3. The Bertz CT molecular complexity index is 557. The lowest BCUT2D eigenvalue weighted by Gasteiger charge is -2.12. The van der Waals surface area contributed by atoms with Crippen LogP contribution in [0.3, 0.4) is 0 Å². The highest BCUT2D eigenvalue weighted by molar-refractivity contribution is 5.91. The Morgan fingerprint density at radius 2 is 2.44 bits per heavy atom. The van der Waals surface area contributed by atoms with Crippen LogP contribution in [0.25, 0.3) is 11.0 Å². The average Bonchev–Trinajstić information content (AvgIpc) is 2.97. The lowest BCUT2D eigenvalue weighted by molar-refractivity contribution is 0.120. The summed E-state index contributed by atoms with van der Waals surface area (Å²) in [6.45, 7) is 3.76. The van der Waals surface area contributed by atoms with Crippen molar-refractivity contribution in [1.29, 1.82) is 0 Å². The molecule has 1 N–H and O–H groups in total. The first-order valence-electron chi connectivity index (χ1n) is 6.39. The normalized spacial score (nSPS) is 19.6. The van der Waals surface area contributed by atoms with Gasteiger partial charge in [0, 0.05) is 32.1 Å². The van der Waals surface area contributed by atoms with Crippen LogP contribution < -0.4 is 5.32 Å². The summed E-state index contributed by atoms with van der Waals surface area (Å²) < 4.78 is 7.44. The topological polar surface area (TPSA) is 52.0 Å². The van der Waals surface area contributed by atoms with Gasteiger partial charge in [0.1, 0.15) is 0 Å². The van der Waals surface area contributed by atoms with Crippen LogP contribution in [-0.2, 0) is 11.8 Å². The van der Waals surface area contributed by atoms with Crippen LogP contribution in [0.15, 0.2) is 12.3 Å². The second kappa shape index (κ2) is 4.57. The lowest BCUT2D eigenvalue weighted by atomic mass is 10.2. The summed E-state index contributed by atoms with van der Waals surface area (Å²) in [5, 5.41) is 8.99. The molecule has 2 aromatic heterocycles. The Hall–Kier alpha value is -1.62. The number of fused-ring (bicyclic) bond motifs is 1. The summed E-state index contributed by atoms with van der Waals surface area (Å²) in [4.78, 5) is 4.37. The zero-order valence-corrected chi connectivity index (χ0v) is 10.8. The van der Waals surface area contributed by atoms with Crippen LogP contribution in [0.1, 0.15) is 18.5 Å². The first-order chi connectivity index (χ1) is 8.75. The standard InChI is InChI=1S/C13H18N4O/c1-9-12-11(15-8-10-4-3-7-18-10)5-6-14-13(12)17(2)16-9/h5-6,10H,3-4,7-8H2,1-2H3,(H,14,15)/t10-/m1/s1. The molecule has 0 aliphatic carbocycles. The van der Waals surface area contributed by atoms with E-state index in [9.17, 15) is 0 Å². The maximum absolute atomic E-state index is 5.62. The molecule has 1 aliphatic rings. The van der Waals surface area contributed by atoms with Crippen molar-refractivity contribution in [1.82, 2.24) is 14.8 Å². The first kappa shape index (κ1) is 11.5. The van der Waals surface area contributed by atoms with Crippen molar-refractivity contribution >= 4 is 16.7 Å². The highest BCUT2D eigenvalue weighted by atomic mass is 16.5. The predicted molar refractivity (Wildman–Crippen MR) is 70.7 cm³/mol. The minimum absolute atomic E-state index is 0.338. The fraction of sp³-hybridized carbons (Fsp3) is 0.538. The van der Waals surface area contributed by atoms with E-state index in [2.05, 4.69) is 15.4 Å². The number of nitrogens with zero attached hydrogens (tertiary/aromatic N) is 3. The number of nitrogens with one attached hydrogen (secondary N) is 1. The molecule has 0 radical (unpaired) electrons. The molecule has 1 saturated heterocycles. The van der Waals surface area contributed by atoms with Crippen LogP contribution in [0.4, 0.5) is 5.69 Å². The van der Waals surface area contributed by atoms with E-state index in [4.69, 9.17) is 4.74 Å². The zero-order chi connectivity index (χ0) is 12.5. The Labute approximate surface area is 106 Å². The number of aryl methyl sites for hydroxylation is 2. The monoisotopic (exact) mass is 246 g/mol. The zero-order valence-electron chi connectivity index (χ0n) is 10.8. The van der Waals surface area contributed by atoms with Gasteiger partial charge in [0.2, 0.25) is 0 Å². The van der Waals surface area contributed by atoms with Crippen LogP contribution in [0.2, 0.25) is 0 Å². The molecule has 5 nitrogen and oxygen atoms in total. The van der Waals surface area contributed by atoms with Gasteiger partial charge in [0.25, 0.3) is 0 Å². The second-order valence-electron chi connectivity index (χ2n) is 4.78. The number of hydrogen-bond donors (Lipinski definition) is 1. The number of aromatic nitrogens is 3. The second-order valence-corrected chi connectivity index (χ2v) is 4.78. The van der Waals surface area contributed by atoms with E-state index in [0.29, 0.717) is 6.10 Å². The molecule has 0 saturated carbocycles. The van der Waals surface area contributed by atoms with Gasteiger partial charge >= 0.3 is 0 Å². The number of anilines is 1. The largest absolute Gasteiger partial charge is 0.382 e. The predicted octanol–water partition coefficient (Wildman–Crippen LogP) is 1.87. The average molecular weight is 246 g/mol. The van der Waals surface area contributed by atoms with Crippen LogP contribution >= 0.6 is 0 Å². The molecule has 18 heavy (non-hydrogen) atoms. The van der Waals surface area contributed by atoms with E-state index in [0.717, 1.165) is 42.0 Å². The van der Waals surface area contributed by atoms with E-state index in [1.807, 2.05) is 30.9 Å². The van der Waals surface area contributed by atoms with Crippen molar-refractivity contribution in [3.05, 3.63) is 18.0 Å². The highest BCUT2D eigenvalue weighted by Crippen LogP contribution is 2.24. The molecule has 96 valence electrons. The molecule has 3 heterocycles. The maximum atomic E-state index is 5.62. The van der Waals surface area contributed by atoms with Gasteiger partial charge in [-0.05, 0) is 25.8 Å². The van der Waals surface area contributed by atoms with E-state index >= 15 is 0 Å². The number of hydrogen-bond acceptors (Lipinski definition) is 4. The molecule has 3 rings (SSSR count). The molecule has 0 aromatic carbocycles. The van der Waals surface area contributed by atoms with Gasteiger partial charge in [0.15, 0.2) is 5.65 Å². The Balaban J connectivity index is 1.86. The van der Waals surface area contributed by atoms with Crippen molar-refractivity contribution in [3.63, 3.8) is 0 Å². The third-order valence-corrected chi connectivity index (χ3v) is 3.44. The van der Waals surface area contributed by atoms with Crippen LogP contribution in [-0.4, -0.2) is 34.0 Å². The molecule has 0 spiro atoms. The third kappa shape index (κ3) is 1.95. The summed E-state index contributed by atoms with van der Waals surface area (Å²) in [6, 6.07) is 2.01. The van der Waals surface area contributed by atoms with Crippen molar-refractivity contribution in [2.24, 2.45) is 7.05 Å². The Morgan fingerprint density at radius 3 is 3.22 bits per heavy atom. The minimum atomic E-state index is 0.338. The van der Waals surface area contributed by atoms with Gasteiger partial charge in [0.05, 0.1) is 17.2 Å². The summed E-state index contributed by atoms with van der Waals surface area (Å²) in [5.74, 6) is 0.